The first-order valence-corrected chi connectivity index (χ1v) is 20.0. The number of terminal acetylenes is 1. The van der Waals surface area contributed by atoms with Gasteiger partial charge in [0.1, 0.15) is 28.6 Å². The zero-order chi connectivity index (χ0) is 35.7. The molecule has 1 saturated carbocycles. The summed E-state index contributed by atoms with van der Waals surface area (Å²) in [6, 6.07) is 4.80. The summed E-state index contributed by atoms with van der Waals surface area (Å²) in [5.74, 6) is -0.452. The zero-order valence-corrected chi connectivity index (χ0v) is 30.2. The predicted molar refractivity (Wildman–Crippen MR) is 183 cm³/mol. The normalized spacial score (nSPS) is 22.3. The number of aromatic nitrogens is 2. The minimum absolute atomic E-state index is 0.0311. The van der Waals surface area contributed by atoms with Gasteiger partial charge in [-0.05, 0) is 65.3 Å². The first-order chi connectivity index (χ1) is 22.3. The number of fused-ring (bicyclic) bond motifs is 1. The third-order valence-electron chi connectivity index (χ3n) is 7.78. The van der Waals surface area contributed by atoms with Crippen LogP contribution in [0.5, 0.6) is 5.88 Å². The molecule has 2 heterocycles. The molecule has 0 radical (unpaired) electrons. The van der Waals surface area contributed by atoms with Crippen LogP contribution in [-0.4, -0.2) is 81.0 Å². The largest absolute Gasteiger partial charge is 0.480 e. The van der Waals surface area contributed by atoms with Crippen LogP contribution < -0.4 is 10.1 Å². The van der Waals surface area contributed by atoms with Crippen molar-refractivity contribution in [1.29, 1.82) is 0 Å². The molecule has 48 heavy (non-hydrogen) atoms. The van der Waals surface area contributed by atoms with Crippen molar-refractivity contribution in [2.45, 2.75) is 88.7 Å². The number of aliphatic imine (C=N–C) groups is 1. The summed E-state index contributed by atoms with van der Waals surface area (Å²) in [7, 11) is -1.45. The van der Waals surface area contributed by atoms with Gasteiger partial charge in [-0.1, -0.05) is 37.3 Å². The average molecular weight is 700 g/mol. The maximum Gasteiger partial charge on any atom is 0.418 e. The second kappa shape index (κ2) is 13.8. The van der Waals surface area contributed by atoms with Gasteiger partial charge < -0.3 is 24.6 Å². The van der Waals surface area contributed by atoms with E-state index in [9.17, 15) is 19.5 Å². The van der Waals surface area contributed by atoms with Crippen LogP contribution in [0.2, 0.25) is 25.7 Å². The Hall–Kier alpha value is -4.00. The summed E-state index contributed by atoms with van der Waals surface area (Å²) in [4.78, 5) is 53.4. The van der Waals surface area contributed by atoms with Gasteiger partial charge in [-0.15, -0.1) is 6.42 Å². The topological polar surface area (TPSA) is 153 Å². The molecule has 1 aliphatic carbocycles. The number of nitrogens with zero attached hydrogens (tertiary/aromatic N) is 4. The van der Waals surface area contributed by atoms with Crippen molar-refractivity contribution in [2.75, 3.05) is 18.7 Å². The van der Waals surface area contributed by atoms with Gasteiger partial charge in [-0.25, -0.2) is 24.1 Å². The van der Waals surface area contributed by atoms with E-state index in [4.69, 9.17) is 25.6 Å². The molecule has 0 bridgehead atoms. The molecule has 1 unspecified atom stereocenters. The van der Waals surface area contributed by atoms with Crippen LogP contribution in [0.3, 0.4) is 0 Å². The molecular formula is C33H42FN5O7SSi. The highest BCUT2D eigenvalue weighted by molar-refractivity contribution is 8.15. The molecule has 1 fully saturated rings. The molecule has 2 aliphatic rings. The molecule has 2 N–H and O–H groups in total. The number of amidine groups is 1. The summed E-state index contributed by atoms with van der Waals surface area (Å²) < 4.78 is 31.3. The molecule has 1 aromatic heterocycles. The fourth-order valence-corrected chi connectivity index (χ4v) is 7.31. The number of carboxylic acid groups (broad SMARTS) is 1. The van der Waals surface area contributed by atoms with Crippen LogP contribution >= 0.6 is 11.8 Å². The number of thioether (sulfide) groups is 1. The average Bonchev–Trinajstić information content (AvgIpc) is 3.74. The molecule has 4 rings (SSSR count). The quantitative estimate of drug-likeness (QED) is 0.124. The van der Waals surface area contributed by atoms with E-state index < -0.39 is 59.8 Å². The van der Waals surface area contributed by atoms with Gasteiger partial charge in [0.15, 0.2) is 11.3 Å². The number of halogens is 1. The van der Waals surface area contributed by atoms with Gasteiger partial charge in [0.05, 0.1) is 17.9 Å². The Balaban J connectivity index is 1.67. The molecule has 2 aromatic rings. The van der Waals surface area contributed by atoms with E-state index in [1.54, 1.807) is 34.6 Å². The summed E-state index contributed by atoms with van der Waals surface area (Å²) in [6.45, 7) is 15.2. The van der Waals surface area contributed by atoms with Crippen molar-refractivity contribution in [3.8, 4) is 18.2 Å². The van der Waals surface area contributed by atoms with Crippen LogP contribution in [-0.2, 0) is 19.8 Å². The Morgan fingerprint density at radius 3 is 2.54 bits per heavy atom. The number of ether oxygens (including phenoxy) is 3. The lowest BCUT2D eigenvalue weighted by Gasteiger charge is -2.37. The molecule has 4 atom stereocenters. The minimum Gasteiger partial charge on any atom is -0.480 e. The summed E-state index contributed by atoms with van der Waals surface area (Å²) >= 11 is 0.939. The van der Waals surface area contributed by atoms with Crippen LogP contribution in [0.25, 0.3) is 0 Å². The van der Waals surface area contributed by atoms with Gasteiger partial charge in [0.2, 0.25) is 5.88 Å². The summed E-state index contributed by atoms with van der Waals surface area (Å²) in [5, 5.41) is 13.1. The third-order valence-corrected chi connectivity index (χ3v) is 11.0. The summed E-state index contributed by atoms with van der Waals surface area (Å²) in [5.41, 5.74) is -2.06. The number of nitrogens with one attached hydrogen (secondary N) is 1. The lowest BCUT2D eigenvalue weighted by molar-refractivity contribution is -0.137. The van der Waals surface area contributed by atoms with E-state index in [0.29, 0.717) is 6.61 Å². The molecule has 258 valence electrons. The smallest absolute Gasteiger partial charge is 0.418 e. The monoisotopic (exact) mass is 699 g/mol. The van der Waals surface area contributed by atoms with Crippen molar-refractivity contribution in [3.05, 3.63) is 47.7 Å². The Morgan fingerprint density at radius 2 is 1.96 bits per heavy atom. The van der Waals surface area contributed by atoms with E-state index in [1.807, 2.05) is 0 Å². The lowest BCUT2D eigenvalue weighted by atomic mass is 9.85. The van der Waals surface area contributed by atoms with Crippen LogP contribution in [0.1, 0.15) is 57.1 Å². The van der Waals surface area contributed by atoms with Gasteiger partial charge in [0, 0.05) is 31.8 Å². The van der Waals surface area contributed by atoms with E-state index in [0.717, 1.165) is 17.8 Å². The molecule has 0 saturated heterocycles. The maximum absolute atomic E-state index is 15.7. The standard InChI is InChI=1S/C33H42FN5O7SSi/c1-10-20(2)45-26-18-35-24(17-36-26)27(40)37-21-11-12-23(34)22(15-21)32(6)25-16-33(25,28(41)42)47-29(38-32)39(30(43)46-31(3,4)5)19-44-13-14-48(7,8)9/h1,11-12,15,17-18,20,25H,13-14,16,19H2,2-9H3,(H,37,40)(H,41,42)/t20-,25?,32+,33-/m0/s1. The van der Waals surface area contributed by atoms with Gasteiger partial charge in [-0.2, -0.15) is 0 Å². The molecule has 2 amide bonds. The number of hydrogen-bond acceptors (Lipinski definition) is 10. The number of anilines is 1. The highest BCUT2D eigenvalue weighted by Gasteiger charge is 2.72. The first-order valence-electron chi connectivity index (χ1n) is 15.4. The fourth-order valence-electron chi connectivity index (χ4n) is 5.05. The number of carbonyl (C=O) groups excluding carboxylic acids is 2. The van der Waals surface area contributed by atoms with Gasteiger partial charge in [-0.3, -0.25) is 14.6 Å². The van der Waals surface area contributed by atoms with E-state index in [-0.39, 0.29) is 41.1 Å². The van der Waals surface area contributed by atoms with Crippen molar-refractivity contribution in [1.82, 2.24) is 14.9 Å². The highest BCUT2D eigenvalue weighted by Crippen LogP contribution is 2.66. The predicted octanol–water partition coefficient (Wildman–Crippen LogP) is 5.98. The minimum atomic E-state index is -1.45. The zero-order valence-electron chi connectivity index (χ0n) is 28.4. The van der Waals surface area contributed by atoms with E-state index >= 15 is 4.39 Å². The second-order valence-electron chi connectivity index (χ2n) is 14.2. The fraction of sp³-hybridized carbons (Fsp3) is 0.515. The number of rotatable bonds is 11. The van der Waals surface area contributed by atoms with E-state index in [2.05, 4.69) is 40.8 Å². The number of aliphatic carboxylic acids is 1. The first kappa shape index (κ1) is 36.8. The Kier molecular flexibility index (Phi) is 10.6. The number of carboxylic acids is 1. The second-order valence-corrected chi connectivity index (χ2v) is 21.1. The third kappa shape index (κ3) is 8.52. The van der Waals surface area contributed by atoms with Gasteiger partial charge in [0.25, 0.3) is 5.91 Å². The molecular weight excluding hydrogens is 658 g/mol. The van der Waals surface area contributed by atoms with Crippen molar-refractivity contribution in [3.63, 3.8) is 0 Å². The number of hydrogen-bond donors (Lipinski definition) is 2. The lowest BCUT2D eigenvalue weighted by Crippen LogP contribution is -2.47. The number of amides is 2. The SMILES string of the molecule is C#C[C@H](C)Oc1cnc(C(=O)Nc2ccc(F)c([C@@]3(C)N=C(N(COCC[Si](C)(C)C)C(=O)OC(C)(C)C)S[C@@]4(C(=O)O)CC43)c2)cn1. The highest BCUT2D eigenvalue weighted by atomic mass is 32.2. The van der Waals surface area contributed by atoms with Crippen LogP contribution in [0.15, 0.2) is 35.6 Å². The molecule has 1 aromatic carbocycles. The molecule has 12 nitrogen and oxygen atoms in total. The van der Waals surface area contributed by atoms with Crippen molar-refractivity contribution < 1.29 is 38.1 Å². The van der Waals surface area contributed by atoms with Crippen molar-refractivity contribution in [2.24, 2.45) is 10.9 Å². The Labute approximate surface area is 285 Å². The van der Waals surface area contributed by atoms with E-state index in [1.165, 1.54) is 35.5 Å². The maximum atomic E-state index is 15.7. The number of carbonyl (C=O) groups is 3. The van der Waals surface area contributed by atoms with Crippen LogP contribution in [0, 0.1) is 24.1 Å². The summed E-state index contributed by atoms with van der Waals surface area (Å²) in [6.07, 6.45) is 6.67. The van der Waals surface area contributed by atoms with Gasteiger partial charge >= 0.3 is 12.1 Å². The molecule has 15 heteroatoms. The molecule has 0 spiro atoms. The Morgan fingerprint density at radius 1 is 1.25 bits per heavy atom. The van der Waals surface area contributed by atoms with Crippen molar-refractivity contribution >= 4 is 48.7 Å². The van der Waals surface area contributed by atoms with Crippen LogP contribution in [0.4, 0.5) is 14.9 Å². The molecule has 1 aliphatic heterocycles. The number of benzene rings is 1. The Bertz CT molecular complexity index is 1640.